The van der Waals surface area contributed by atoms with E-state index < -0.39 is 11.7 Å². The van der Waals surface area contributed by atoms with Crippen LogP contribution in [0.3, 0.4) is 0 Å². The van der Waals surface area contributed by atoms with Crippen molar-refractivity contribution >= 4 is 17.5 Å². The van der Waals surface area contributed by atoms with Crippen molar-refractivity contribution in [2.45, 2.75) is 25.6 Å². The van der Waals surface area contributed by atoms with Gasteiger partial charge in [0.05, 0.1) is 5.56 Å². The Balaban J connectivity index is 1.79. The molecule has 5 nitrogen and oxygen atoms in total. The predicted octanol–water partition coefficient (Wildman–Crippen LogP) is 4.26. The summed E-state index contributed by atoms with van der Waals surface area (Å²) in [7, 11) is 3.72. The number of hydrogen-bond donors (Lipinski definition) is 1. The van der Waals surface area contributed by atoms with Crippen molar-refractivity contribution in [2.24, 2.45) is 5.92 Å². The molecule has 0 saturated heterocycles. The first-order chi connectivity index (χ1) is 14.6. The van der Waals surface area contributed by atoms with E-state index in [1.807, 2.05) is 19.0 Å². The monoisotopic (exact) mass is 433 g/mol. The Bertz CT molecular complexity index is 940. The van der Waals surface area contributed by atoms with Gasteiger partial charge in [0.1, 0.15) is 0 Å². The highest BCUT2D eigenvalue weighted by Gasteiger charge is 2.31. The number of carbonyl (C=O) groups excluding carboxylic acids is 2. The summed E-state index contributed by atoms with van der Waals surface area (Å²) in [4.78, 5) is 28.6. The zero-order valence-electron chi connectivity index (χ0n) is 17.6. The van der Waals surface area contributed by atoms with E-state index in [1.54, 1.807) is 30.3 Å². The molecular formula is C23H26F3N3O2. The van der Waals surface area contributed by atoms with E-state index in [0.717, 1.165) is 25.0 Å². The lowest BCUT2D eigenvalue weighted by atomic mass is 10.1. The number of nitrogens with zero attached hydrogens (tertiary/aromatic N) is 2. The first-order valence-corrected chi connectivity index (χ1v) is 10.1. The number of halogens is 3. The van der Waals surface area contributed by atoms with E-state index in [1.165, 1.54) is 11.0 Å². The molecule has 1 aliphatic rings. The molecule has 0 radical (unpaired) electrons. The Morgan fingerprint density at radius 1 is 1.03 bits per heavy atom. The zero-order valence-corrected chi connectivity index (χ0v) is 17.6. The first kappa shape index (κ1) is 22.8. The fourth-order valence-electron chi connectivity index (χ4n) is 3.14. The number of amides is 2. The molecule has 0 spiro atoms. The van der Waals surface area contributed by atoms with Crippen molar-refractivity contribution in [3.05, 3.63) is 65.2 Å². The summed E-state index contributed by atoms with van der Waals surface area (Å²) in [6.45, 7) is 0.957. The number of hydrogen-bond acceptors (Lipinski definition) is 3. The van der Waals surface area contributed by atoms with Crippen LogP contribution in [0.15, 0.2) is 48.5 Å². The van der Waals surface area contributed by atoms with Gasteiger partial charge in [0.15, 0.2) is 0 Å². The number of nitrogens with one attached hydrogen (secondary N) is 1. The van der Waals surface area contributed by atoms with E-state index in [-0.39, 0.29) is 24.3 Å². The molecule has 2 amide bonds. The second-order valence-electron chi connectivity index (χ2n) is 8.07. The van der Waals surface area contributed by atoms with Gasteiger partial charge in [-0.05, 0) is 62.8 Å². The molecule has 3 rings (SSSR count). The molecule has 0 atom stereocenters. The quantitative estimate of drug-likeness (QED) is 0.677. The third-order valence-electron chi connectivity index (χ3n) is 5.06. The van der Waals surface area contributed by atoms with Gasteiger partial charge < -0.3 is 15.1 Å². The lowest BCUT2D eigenvalue weighted by Gasteiger charge is -2.25. The van der Waals surface area contributed by atoms with E-state index in [9.17, 15) is 22.8 Å². The minimum atomic E-state index is -4.44. The van der Waals surface area contributed by atoms with Gasteiger partial charge >= 0.3 is 6.18 Å². The fraction of sp³-hybridized carbons (Fsp3) is 0.391. The molecule has 1 fully saturated rings. The largest absolute Gasteiger partial charge is 0.416 e. The third-order valence-corrected chi connectivity index (χ3v) is 5.06. The lowest BCUT2D eigenvalue weighted by molar-refractivity contribution is -0.137. The summed E-state index contributed by atoms with van der Waals surface area (Å²) < 4.78 is 39.2. The standard InChI is InChI=1S/C23H26F3N3O2/c1-28(2)11-12-29(15-16-5-3-7-19(13-16)23(24,25)26)22(31)18-6-4-8-20(14-18)27-21(30)17-9-10-17/h3-8,13-14,17H,9-12,15H2,1-2H3,(H,27,30). The van der Waals surface area contributed by atoms with Crippen LogP contribution in [0.1, 0.15) is 34.3 Å². The summed E-state index contributed by atoms with van der Waals surface area (Å²) in [5, 5.41) is 2.82. The van der Waals surface area contributed by atoms with Gasteiger partial charge in [-0.2, -0.15) is 13.2 Å². The van der Waals surface area contributed by atoms with Crippen LogP contribution in [-0.4, -0.2) is 48.8 Å². The maximum absolute atomic E-state index is 13.2. The molecule has 1 saturated carbocycles. The second-order valence-corrected chi connectivity index (χ2v) is 8.07. The summed E-state index contributed by atoms with van der Waals surface area (Å²) in [6, 6.07) is 11.7. The van der Waals surface area contributed by atoms with Crippen LogP contribution in [0.2, 0.25) is 0 Å². The SMILES string of the molecule is CN(C)CCN(Cc1cccc(C(F)(F)F)c1)C(=O)c1cccc(NC(=O)C2CC2)c1. The molecule has 8 heteroatoms. The van der Waals surface area contributed by atoms with Crippen molar-refractivity contribution in [1.29, 1.82) is 0 Å². The van der Waals surface area contributed by atoms with Crippen molar-refractivity contribution in [1.82, 2.24) is 9.80 Å². The van der Waals surface area contributed by atoms with Gasteiger partial charge in [-0.25, -0.2) is 0 Å². The molecule has 0 bridgehead atoms. The van der Waals surface area contributed by atoms with Crippen LogP contribution in [-0.2, 0) is 17.5 Å². The molecule has 0 aromatic heterocycles. The number of anilines is 1. The Labute approximate surface area is 179 Å². The lowest BCUT2D eigenvalue weighted by Crippen LogP contribution is -2.36. The minimum absolute atomic E-state index is 0.0388. The summed E-state index contributed by atoms with van der Waals surface area (Å²) >= 11 is 0. The van der Waals surface area contributed by atoms with E-state index in [0.29, 0.717) is 29.9 Å². The highest BCUT2D eigenvalue weighted by atomic mass is 19.4. The van der Waals surface area contributed by atoms with E-state index in [2.05, 4.69) is 5.32 Å². The van der Waals surface area contributed by atoms with Gasteiger partial charge in [-0.15, -0.1) is 0 Å². The van der Waals surface area contributed by atoms with Crippen LogP contribution >= 0.6 is 0 Å². The normalized spacial score (nSPS) is 13.9. The molecule has 0 unspecified atom stereocenters. The minimum Gasteiger partial charge on any atom is -0.333 e. The average Bonchev–Trinajstić information content (AvgIpc) is 3.56. The number of alkyl halides is 3. The molecule has 2 aromatic carbocycles. The third kappa shape index (κ3) is 6.55. The Hall–Kier alpha value is -2.87. The van der Waals surface area contributed by atoms with Crippen molar-refractivity contribution < 1.29 is 22.8 Å². The van der Waals surface area contributed by atoms with Crippen LogP contribution in [0.5, 0.6) is 0 Å². The molecule has 166 valence electrons. The van der Waals surface area contributed by atoms with Gasteiger partial charge in [-0.3, -0.25) is 9.59 Å². The summed E-state index contributed by atoms with van der Waals surface area (Å²) in [6.07, 6.45) is -2.69. The highest BCUT2D eigenvalue weighted by Crippen LogP contribution is 2.31. The topological polar surface area (TPSA) is 52.6 Å². The van der Waals surface area contributed by atoms with Crippen LogP contribution in [0, 0.1) is 5.92 Å². The van der Waals surface area contributed by atoms with Crippen molar-refractivity contribution in [2.75, 3.05) is 32.5 Å². The van der Waals surface area contributed by atoms with Crippen molar-refractivity contribution in [3.8, 4) is 0 Å². The summed E-state index contributed by atoms with van der Waals surface area (Å²) in [5.41, 5.74) is 0.573. The van der Waals surface area contributed by atoms with E-state index >= 15 is 0 Å². The van der Waals surface area contributed by atoms with Gasteiger partial charge in [-0.1, -0.05) is 18.2 Å². The summed E-state index contributed by atoms with van der Waals surface area (Å²) in [5.74, 6) is -0.323. The molecule has 31 heavy (non-hydrogen) atoms. The smallest absolute Gasteiger partial charge is 0.333 e. The molecule has 0 heterocycles. The number of carbonyl (C=O) groups is 2. The zero-order chi connectivity index (χ0) is 22.6. The maximum atomic E-state index is 13.2. The molecule has 1 N–H and O–H groups in total. The highest BCUT2D eigenvalue weighted by molar-refractivity contribution is 5.98. The second kappa shape index (κ2) is 9.51. The van der Waals surface area contributed by atoms with Gasteiger partial charge in [0, 0.05) is 36.8 Å². The molecule has 1 aliphatic carbocycles. The van der Waals surface area contributed by atoms with Crippen LogP contribution in [0.4, 0.5) is 18.9 Å². The van der Waals surface area contributed by atoms with Crippen LogP contribution < -0.4 is 5.32 Å². The van der Waals surface area contributed by atoms with Gasteiger partial charge in [0.2, 0.25) is 5.91 Å². The Morgan fingerprint density at radius 3 is 2.39 bits per heavy atom. The van der Waals surface area contributed by atoms with Crippen LogP contribution in [0.25, 0.3) is 0 Å². The Kier molecular flexibility index (Phi) is 7.00. The molecular weight excluding hydrogens is 407 g/mol. The fourth-order valence-corrected chi connectivity index (χ4v) is 3.14. The average molecular weight is 433 g/mol. The van der Waals surface area contributed by atoms with Crippen molar-refractivity contribution in [3.63, 3.8) is 0 Å². The Morgan fingerprint density at radius 2 is 1.74 bits per heavy atom. The predicted molar refractivity (Wildman–Crippen MR) is 113 cm³/mol. The van der Waals surface area contributed by atoms with E-state index in [4.69, 9.17) is 0 Å². The number of likely N-dealkylation sites (N-methyl/N-ethyl adjacent to an activating group) is 1. The first-order valence-electron chi connectivity index (χ1n) is 10.1. The molecule has 2 aromatic rings. The maximum Gasteiger partial charge on any atom is 0.416 e. The molecule has 0 aliphatic heterocycles. The van der Waals surface area contributed by atoms with Gasteiger partial charge in [0.25, 0.3) is 5.91 Å². The number of benzene rings is 2. The number of rotatable bonds is 8.